The van der Waals surface area contributed by atoms with Gasteiger partial charge in [0.2, 0.25) is 23.6 Å². The summed E-state index contributed by atoms with van der Waals surface area (Å²) in [5.74, 6) is -4.28. The average Bonchev–Trinajstić information content (AvgIpc) is 3.24. The molecule has 0 aliphatic carbocycles. The molecule has 0 saturated heterocycles. The highest BCUT2D eigenvalue weighted by Crippen LogP contribution is 2.19. The van der Waals surface area contributed by atoms with E-state index in [4.69, 9.17) is 11.5 Å². The van der Waals surface area contributed by atoms with Crippen molar-refractivity contribution < 1.29 is 29.1 Å². The molecule has 0 saturated carbocycles. The third kappa shape index (κ3) is 9.71. The molecule has 0 radical (unpaired) electrons. The lowest BCUT2D eigenvalue weighted by Crippen LogP contribution is -2.58. The summed E-state index contributed by atoms with van der Waals surface area (Å²) in [6, 6.07) is 2.96. The first-order valence-electron chi connectivity index (χ1n) is 13.0. The minimum atomic E-state index is -1.42. The van der Waals surface area contributed by atoms with Crippen molar-refractivity contribution in [2.24, 2.45) is 23.3 Å². The molecule has 4 unspecified atom stereocenters. The third-order valence-corrected chi connectivity index (χ3v) is 6.15. The molecule has 1 aromatic carbocycles. The summed E-state index contributed by atoms with van der Waals surface area (Å²) in [5.41, 5.74) is 13.2. The van der Waals surface area contributed by atoms with Crippen LogP contribution in [0.25, 0.3) is 10.9 Å². The summed E-state index contributed by atoms with van der Waals surface area (Å²) in [6.07, 6.45) is 1.85. The van der Waals surface area contributed by atoms with Crippen LogP contribution in [0.3, 0.4) is 0 Å². The minimum absolute atomic E-state index is 0.0169. The molecule has 4 amide bonds. The molecule has 2 aromatic rings. The van der Waals surface area contributed by atoms with Crippen molar-refractivity contribution in [3.8, 4) is 0 Å². The minimum Gasteiger partial charge on any atom is -0.480 e. The van der Waals surface area contributed by atoms with Gasteiger partial charge in [-0.2, -0.15) is 0 Å². The number of aromatic nitrogens is 1. The Kier molecular flexibility index (Phi) is 11.5. The summed E-state index contributed by atoms with van der Waals surface area (Å²) in [6.45, 7) is 7.31. The second kappa shape index (κ2) is 14.3. The van der Waals surface area contributed by atoms with Crippen LogP contribution in [0, 0.1) is 11.8 Å². The number of aliphatic carboxylic acids is 1. The molecule has 0 bridgehead atoms. The lowest BCUT2D eigenvalue weighted by molar-refractivity contribution is -0.143. The number of amides is 4. The van der Waals surface area contributed by atoms with Crippen molar-refractivity contribution >= 4 is 40.5 Å². The predicted octanol–water partition coefficient (Wildman–Crippen LogP) is 0.544. The largest absolute Gasteiger partial charge is 0.480 e. The number of nitrogens with two attached hydrogens (primary N) is 2. The number of carbonyl (C=O) groups excluding carboxylic acids is 4. The van der Waals surface area contributed by atoms with Gasteiger partial charge in [-0.15, -0.1) is 0 Å². The van der Waals surface area contributed by atoms with Gasteiger partial charge in [-0.3, -0.25) is 19.2 Å². The zero-order valence-corrected chi connectivity index (χ0v) is 22.8. The van der Waals surface area contributed by atoms with Crippen molar-refractivity contribution in [3.05, 3.63) is 36.0 Å². The molecule has 9 N–H and O–H groups in total. The average molecular weight is 545 g/mol. The molecule has 1 aromatic heterocycles. The predicted molar refractivity (Wildman–Crippen MR) is 146 cm³/mol. The Labute approximate surface area is 227 Å². The molecular formula is C27H40N6O6. The van der Waals surface area contributed by atoms with Crippen LogP contribution in [0.1, 0.15) is 52.5 Å². The number of carboxylic acids is 1. The number of hydrogen-bond donors (Lipinski definition) is 7. The van der Waals surface area contributed by atoms with E-state index in [9.17, 15) is 29.1 Å². The van der Waals surface area contributed by atoms with E-state index in [2.05, 4.69) is 20.9 Å². The van der Waals surface area contributed by atoms with Gasteiger partial charge in [0.1, 0.15) is 18.1 Å². The van der Waals surface area contributed by atoms with Gasteiger partial charge in [0, 0.05) is 17.1 Å². The summed E-state index contributed by atoms with van der Waals surface area (Å²) < 4.78 is 0. The zero-order chi connectivity index (χ0) is 29.3. The summed E-state index contributed by atoms with van der Waals surface area (Å²) in [7, 11) is 0. The second-order valence-electron chi connectivity index (χ2n) is 10.6. The SMILES string of the molecule is CC(C)CC(NC(=O)C(CC(N)=O)NC(=O)C(CC(C)C)NC(=O)C(N)Cc1c[nH]c2ccccc12)C(=O)O. The number of rotatable bonds is 15. The first-order chi connectivity index (χ1) is 18.3. The highest BCUT2D eigenvalue weighted by atomic mass is 16.4. The van der Waals surface area contributed by atoms with Crippen LogP contribution in [0.2, 0.25) is 0 Å². The van der Waals surface area contributed by atoms with E-state index in [1.165, 1.54) is 0 Å². The van der Waals surface area contributed by atoms with Crippen LogP contribution < -0.4 is 27.4 Å². The standard InChI is InChI=1S/C27H40N6O6/c1-14(2)9-20(31-24(35)18(28)11-16-13-30-19-8-6-5-7-17(16)19)25(36)32-21(12-23(29)34)26(37)33-22(27(38)39)10-15(3)4/h5-8,13-15,18,20-22,30H,9-12,28H2,1-4H3,(H2,29,34)(H,31,35)(H,32,36)(H,33,37)(H,38,39). The van der Waals surface area contributed by atoms with Gasteiger partial charge in [-0.05, 0) is 42.7 Å². The molecule has 0 fully saturated rings. The molecule has 39 heavy (non-hydrogen) atoms. The lowest BCUT2D eigenvalue weighted by Gasteiger charge is -2.26. The smallest absolute Gasteiger partial charge is 0.326 e. The summed E-state index contributed by atoms with van der Waals surface area (Å²) >= 11 is 0. The number of hydrogen-bond acceptors (Lipinski definition) is 6. The second-order valence-corrected chi connectivity index (χ2v) is 10.6. The van der Waals surface area contributed by atoms with Gasteiger partial charge in [0.25, 0.3) is 0 Å². The van der Waals surface area contributed by atoms with Crippen LogP contribution in [0.4, 0.5) is 0 Å². The first kappa shape index (κ1) is 31.3. The van der Waals surface area contributed by atoms with Gasteiger partial charge in [-0.1, -0.05) is 45.9 Å². The maximum Gasteiger partial charge on any atom is 0.326 e. The van der Waals surface area contributed by atoms with Crippen LogP contribution >= 0.6 is 0 Å². The number of nitrogens with one attached hydrogen (secondary N) is 4. The Hall–Kier alpha value is -3.93. The first-order valence-corrected chi connectivity index (χ1v) is 13.0. The van der Waals surface area contributed by atoms with Crippen molar-refractivity contribution in [2.45, 2.75) is 77.5 Å². The molecule has 214 valence electrons. The maximum absolute atomic E-state index is 13.2. The summed E-state index contributed by atoms with van der Waals surface area (Å²) in [4.78, 5) is 65.4. The van der Waals surface area contributed by atoms with Gasteiger partial charge >= 0.3 is 5.97 Å². The molecule has 12 nitrogen and oxygen atoms in total. The van der Waals surface area contributed by atoms with Gasteiger partial charge < -0.3 is 37.5 Å². The van der Waals surface area contributed by atoms with Gasteiger partial charge in [0.05, 0.1) is 12.5 Å². The van der Waals surface area contributed by atoms with E-state index < -0.39 is 60.2 Å². The Bertz CT molecular complexity index is 1180. The Balaban J connectivity index is 2.14. The van der Waals surface area contributed by atoms with Crippen LogP contribution in [-0.4, -0.2) is 63.9 Å². The maximum atomic E-state index is 13.2. The highest BCUT2D eigenvalue weighted by molar-refractivity contribution is 5.96. The number of carboxylic acid groups (broad SMARTS) is 1. The molecule has 2 rings (SSSR count). The molecule has 0 aliphatic rings. The fraction of sp³-hybridized carbons (Fsp3) is 0.519. The van der Waals surface area contributed by atoms with Crippen LogP contribution in [0.5, 0.6) is 0 Å². The number of aromatic amines is 1. The molecule has 1 heterocycles. The zero-order valence-electron chi connectivity index (χ0n) is 22.8. The van der Waals surface area contributed by atoms with Crippen molar-refractivity contribution in [1.29, 1.82) is 0 Å². The van der Waals surface area contributed by atoms with Crippen molar-refractivity contribution in [1.82, 2.24) is 20.9 Å². The van der Waals surface area contributed by atoms with E-state index in [-0.39, 0.29) is 31.1 Å². The third-order valence-electron chi connectivity index (χ3n) is 6.15. The highest BCUT2D eigenvalue weighted by Gasteiger charge is 2.32. The Morgan fingerprint density at radius 3 is 1.97 bits per heavy atom. The van der Waals surface area contributed by atoms with Crippen molar-refractivity contribution in [3.63, 3.8) is 0 Å². The number of primary amides is 1. The lowest BCUT2D eigenvalue weighted by atomic mass is 10.0. The fourth-order valence-electron chi connectivity index (χ4n) is 4.26. The quantitative estimate of drug-likeness (QED) is 0.169. The monoisotopic (exact) mass is 544 g/mol. The van der Waals surface area contributed by atoms with E-state index in [1.54, 1.807) is 20.0 Å². The van der Waals surface area contributed by atoms with E-state index in [0.717, 1.165) is 16.5 Å². The number of H-pyrrole nitrogens is 1. The normalized spacial score (nSPS) is 14.4. The molecule has 12 heteroatoms. The Morgan fingerprint density at radius 2 is 1.38 bits per heavy atom. The van der Waals surface area contributed by atoms with Gasteiger partial charge in [0.15, 0.2) is 0 Å². The fourth-order valence-corrected chi connectivity index (χ4v) is 4.26. The Morgan fingerprint density at radius 1 is 0.846 bits per heavy atom. The van der Waals surface area contributed by atoms with E-state index in [0.29, 0.717) is 0 Å². The molecule has 4 atom stereocenters. The van der Waals surface area contributed by atoms with Crippen LogP contribution in [0.15, 0.2) is 30.5 Å². The number of fused-ring (bicyclic) bond motifs is 1. The molecule has 0 aliphatic heterocycles. The van der Waals surface area contributed by atoms with Crippen molar-refractivity contribution in [2.75, 3.05) is 0 Å². The topological polar surface area (TPSA) is 209 Å². The number of para-hydroxylation sites is 1. The number of benzene rings is 1. The van der Waals surface area contributed by atoms with Gasteiger partial charge in [-0.25, -0.2) is 4.79 Å². The van der Waals surface area contributed by atoms with E-state index in [1.807, 2.05) is 38.1 Å². The molecular weight excluding hydrogens is 504 g/mol. The van der Waals surface area contributed by atoms with Crippen LogP contribution in [-0.2, 0) is 30.4 Å². The van der Waals surface area contributed by atoms with E-state index >= 15 is 0 Å². The number of carbonyl (C=O) groups is 5. The summed E-state index contributed by atoms with van der Waals surface area (Å²) in [5, 5.41) is 17.9. The molecule has 0 spiro atoms.